The third kappa shape index (κ3) is 5.24. The topological polar surface area (TPSA) is 75.7 Å². The zero-order valence-electron chi connectivity index (χ0n) is 17.8. The predicted molar refractivity (Wildman–Crippen MR) is 122 cm³/mol. The van der Waals surface area contributed by atoms with E-state index < -0.39 is 15.9 Å². The van der Waals surface area contributed by atoms with E-state index in [0.29, 0.717) is 5.69 Å². The van der Waals surface area contributed by atoms with Crippen LogP contribution in [0.1, 0.15) is 24.1 Å². The van der Waals surface area contributed by atoms with E-state index in [-0.39, 0.29) is 17.5 Å². The minimum atomic E-state index is -3.93. The average molecular weight is 439 g/mol. The number of nitrogens with zero attached hydrogens (tertiary/aromatic N) is 1. The SMILES string of the molecule is COc1ccc(C(C)NC(=O)CN(c2ccccc2C)S(=O)(=O)c2ccccc2)cc1. The average Bonchev–Trinajstić information content (AvgIpc) is 2.78. The van der Waals surface area contributed by atoms with Crippen LogP contribution >= 0.6 is 0 Å². The molecule has 0 aliphatic carbocycles. The smallest absolute Gasteiger partial charge is 0.264 e. The predicted octanol–water partition coefficient (Wildman–Crippen LogP) is 4.08. The second-order valence-electron chi connectivity index (χ2n) is 7.17. The summed E-state index contributed by atoms with van der Waals surface area (Å²) in [6.07, 6.45) is 0. The molecule has 1 amide bonds. The van der Waals surface area contributed by atoms with Crippen molar-refractivity contribution in [2.24, 2.45) is 0 Å². The van der Waals surface area contributed by atoms with E-state index in [1.807, 2.05) is 50.2 Å². The summed E-state index contributed by atoms with van der Waals surface area (Å²) in [5.41, 5.74) is 2.12. The van der Waals surface area contributed by atoms with Gasteiger partial charge in [-0.15, -0.1) is 0 Å². The van der Waals surface area contributed by atoms with Gasteiger partial charge in [0, 0.05) is 0 Å². The maximum Gasteiger partial charge on any atom is 0.264 e. The van der Waals surface area contributed by atoms with Gasteiger partial charge >= 0.3 is 0 Å². The quantitative estimate of drug-likeness (QED) is 0.575. The van der Waals surface area contributed by atoms with Crippen LogP contribution in [0.15, 0.2) is 83.8 Å². The lowest BCUT2D eigenvalue weighted by molar-refractivity contribution is -0.120. The number of rotatable bonds is 8. The molecule has 0 saturated carbocycles. The number of nitrogens with one attached hydrogen (secondary N) is 1. The van der Waals surface area contributed by atoms with Crippen molar-refractivity contribution >= 4 is 21.6 Å². The Morgan fingerprint density at radius 2 is 1.58 bits per heavy atom. The second kappa shape index (κ2) is 9.66. The highest BCUT2D eigenvalue weighted by Gasteiger charge is 2.28. The number of hydrogen-bond donors (Lipinski definition) is 1. The third-order valence-corrected chi connectivity index (χ3v) is 6.77. The van der Waals surface area contributed by atoms with Crippen LogP contribution in [0.5, 0.6) is 5.75 Å². The molecule has 0 fully saturated rings. The highest BCUT2D eigenvalue weighted by atomic mass is 32.2. The number of carbonyl (C=O) groups is 1. The zero-order chi connectivity index (χ0) is 22.4. The van der Waals surface area contributed by atoms with Gasteiger partial charge in [0.15, 0.2) is 0 Å². The van der Waals surface area contributed by atoms with Gasteiger partial charge in [0.25, 0.3) is 10.0 Å². The molecule has 0 radical (unpaired) electrons. The van der Waals surface area contributed by atoms with Crippen molar-refractivity contribution in [1.82, 2.24) is 5.32 Å². The van der Waals surface area contributed by atoms with Gasteiger partial charge in [-0.25, -0.2) is 8.42 Å². The molecule has 0 aliphatic heterocycles. The van der Waals surface area contributed by atoms with Crippen LogP contribution in [0, 0.1) is 6.92 Å². The largest absolute Gasteiger partial charge is 0.497 e. The number of anilines is 1. The third-order valence-electron chi connectivity index (χ3n) is 5.00. The molecule has 0 heterocycles. The van der Waals surface area contributed by atoms with Crippen LogP contribution in [0.2, 0.25) is 0 Å². The molecule has 0 aromatic heterocycles. The van der Waals surface area contributed by atoms with E-state index in [0.717, 1.165) is 21.2 Å². The lowest BCUT2D eigenvalue weighted by atomic mass is 10.1. The van der Waals surface area contributed by atoms with Crippen molar-refractivity contribution < 1.29 is 17.9 Å². The molecule has 3 aromatic rings. The van der Waals surface area contributed by atoms with Crippen molar-refractivity contribution in [3.8, 4) is 5.75 Å². The number of benzene rings is 3. The molecule has 7 heteroatoms. The van der Waals surface area contributed by atoms with Crippen LogP contribution < -0.4 is 14.4 Å². The summed E-state index contributed by atoms with van der Waals surface area (Å²) in [6.45, 7) is 3.34. The Kier molecular flexibility index (Phi) is 6.97. The number of aryl methyl sites for hydroxylation is 1. The van der Waals surface area contributed by atoms with E-state index in [1.165, 1.54) is 12.1 Å². The summed E-state index contributed by atoms with van der Waals surface area (Å²) in [7, 11) is -2.33. The Balaban J connectivity index is 1.86. The first kappa shape index (κ1) is 22.4. The lowest BCUT2D eigenvalue weighted by Crippen LogP contribution is -2.41. The Morgan fingerprint density at radius 1 is 0.968 bits per heavy atom. The van der Waals surface area contributed by atoms with Crippen molar-refractivity contribution in [1.29, 1.82) is 0 Å². The number of methoxy groups -OCH3 is 1. The molecule has 0 saturated heterocycles. The van der Waals surface area contributed by atoms with Crippen molar-refractivity contribution in [2.75, 3.05) is 18.0 Å². The fraction of sp³-hybridized carbons (Fsp3) is 0.208. The number of hydrogen-bond acceptors (Lipinski definition) is 4. The first-order valence-corrected chi connectivity index (χ1v) is 11.3. The molecule has 0 spiro atoms. The Bertz CT molecular complexity index is 1130. The number of sulfonamides is 1. The summed E-state index contributed by atoms with van der Waals surface area (Å²) >= 11 is 0. The monoisotopic (exact) mass is 438 g/mol. The molecule has 6 nitrogen and oxygen atoms in total. The standard InChI is InChI=1S/C24H26N2O4S/c1-18-9-7-8-12-23(18)26(31(28,29)22-10-5-4-6-11-22)17-24(27)25-19(2)20-13-15-21(30-3)16-14-20/h4-16,19H,17H2,1-3H3,(H,25,27). The molecule has 1 atom stereocenters. The molecule has 1 unspecified atom stereocenters. The van der Waals surface area contributed by atoms with Crippen LogP contribution in [0.4, 0.5) is 5.69 Å². The van der Waals surface area contributed by atoms with Gasteiger partial charge in [0.1, 0.15) is 12.3 Å². The molecule has 3 aromatic carbocycles. The maximum atomic E-state index is 13.4. The fourth-order valence-electron chi connectivity index (χ4n) is 3.26. The van der Waals surface area contributed by atoms with Gasteiger partial charge in [-0.1, -0.05) is 48.5 Å². The molecular weight excluding hydrogens is 412 g/mol. The summed E-state index contributed by atoms with van der Waals surface area (Å²) in [6, 6.07) is 22.3. The molecule has 162 valence electrons. The first-order valence-electron chi connectivity index (χ1n) is 9.89. The summed E-state index contributed by atoms with van der Waals surface area (Å²) in [4.78, 5) is 13.0. The first-order chi connectivity index (χ1) is 14.8. The number of para-hydroxylation sites is 1. The Labute approximate surface area is 183 Å². The fourth-order valence-corrected chi connectivity index (χ4v) is 4.76. The summed E-state index contributed by atoms with van der Waals surface area (Å²) in [5, 5.41) is 2.89. The van der Waals surface area contributed by atoms with Gasteiger partial charge in [-0.2, -0.15) is 0 Å². The minimum absolute atomic E-state index is 0.134. The van der Waals surface area contributed by atoms with E-state index in [2.05, 4.69) is 5.32 Å². The highest BCUT2D eigenvalue weighted by molar-refractivity contribution is 7.92. The molecule has 1 N–H and O–H groups in total. The molecular formula is C24H26N2O4S. The molecule has 0 aliphatic rings. The highest BCUT2D eigenvalue weighted by Crippen LogP contribution is 2.26. The number of carbonyl (C=O) groups excluding carboxylic acids is 1. The number of amides is 1. The number of ether oxygens (including phenoxy) is 1. The van der Waals surface area contributed by atoms with Crippen molar-refractivity contribution in [3.63, 3.8) is 0 Å². The minimum Gasteiger partial charge on any atom is -0.497 e. The van der Waals surface area contributed by atoms with Crippen LogP contribution in [-0.2, 0) is 14.8 Å². The Hall–Kier alpha value is -3.32. The van der Waals surface area contributed by atoms with Gasteiger partial charge in [0.05, 0.1) is 23.7 Å². The molecule has 31 heavy (non-hydrogen) atoms. The summed E-state index contributed by atoms with van der Waals surface area (Å²) < 4.78 is 33.1. The lowest BCUT2D eigenvalue weighted by Gasteiger charge is -2.26. The second-order valence-corrected chi connectivity index (χ2v) is 9.04. The van der Waals surface area contributed by atoms with Gasteiger partial charge in [-0.3, -0.25) is 9.10 Å². The maximum absolute atomic E-state index is 13.4. The summed E-state index contributed by atoms with van der Waals surface area (Å²) in [5.74, 6) is 0.327. The van der Waals surface area contributed by atoms with E-state index in [9.17, 15) is 13.2 Å². The van der Waals surface area contributed by atoms with Crippen LogP contribution in [0.3, 0.4) is 0 Å². The van der Waals surface area contributed by atoms with Gasteiger partial charge < -0.3 is 10.1 Å². The van der Waals surface area contributed by atoms with Crippen molar-refractivity contribution in [2.45, 2.75) is 24.8 Å². The Morgan fingerprint density at radius 3 is 2.19 bits per heavy atom. The van der Waals surface area contributed by atoms with Crippen molar-refractivity contribution in [3.05, 3.63) is 90.0 Å². The van der Waals surface area contributed by atoms with E-state index in [1.54, 1.807) is 37.4 Å². The normalized spacial score (nSPS) is 12.1. The van der Waals surface area contributed by atoms with Crippen LogP contribution in [-0.4, -0.2) is 28.0 Å². The van der Waals surface area contributed by atoms with Crippen LogP contribution in [0.25, 0.3) is 0 Å². The van der Waals surface area contributed by atoms with E-state index >= 15 is 0 Å². The van der Waals surface area contributed by atoms with Gasteiger partial charge in [0.2, 0.25) is 5.91 Å². The molecule has 3 rings (SSSR count). The van der Waals surface area contributed by atoms with Gasteiger partial charge in [-0.05, 0) is 55.3 Å². The molecule has 0 bridgehead atoms. The zero-order valence-corrected chi connectivity index (χ0v) is 18.6. The van der Waals surface area contributed by atoms with E-state index in [4.69, 9.17) is 4.74 Å².